The minimum atomic E-state index is 0.776. The number of hydrogen-bond donors (Lipinski definition) is 0. The first kappa shape index (κ1) is 12.4. The van der Waals surface area contributed by atoms with E-state index in [1.807, 2.05) is 30.3 Å². The van der Waals surface area contributed by atoms with Crippen LogP contribution in [0, 0.1) is 6.92 Å². The first-order chi connectivity index (χ1) is 8.79. The van der Waals surface area contributed by atoms with Crippen LogP contribution in [0.4, 0.5) is 0 Å². The van der Waals surface area contributed by atoms with E-state index in [1.165, 1.54) is 11.1 Å². The van der Waals surface area contributed by atoms with Gasteiger partial charge in [0.05, 0.1) is 5.71 Å². The van der Waals surface area contributed by atoms with E-state index < -0.39 is 0 Å². The summed E-state index contributed by atoms with van der Waals surface area (Å²) in [5.41, 5.74) is 4.55. The quantitative estimate of drug-likeness (QED) is 0.590. The Balaban J connectivity index is 2.22. The summed E-state index contributed by atoms with van der Waals surface area (Å²) >= 11 is 0. The Hall–Kier alpha value is -2.09. The Morgan fingerprint density at radius 2 is 1.67 bits per heavy atom. The number of rotatable bonds is 4. The van der Waals surface area contributed by atoms with Gasteiger partial charge in [0.25, 0.3) is 0 Å². The summed E-state index contributed by atoms with van der Waals surface area (Å²) in [6.45, 7) is 2.09. The summed E-state index contributed by atoms with van der Waals surface area (Å²) in [6.07, 6.45) is 0.776. The van der Waals surface area contributed by atoms with Crippen molar-refractivity contribution in [2.24, 2.45) is 5.16 Å². The molecule has 0 heterocycles. The van der Waals surface area contributed by atoms with Gasteiger partial charge in [-0.2, -0.15) is 0 Å². The van der Waals surface area contributed by atoms with Crippen LogP contribution in [0.3, 0.4) is 0 Å². The summed E-state index contributed by atoms with van der Waals surface area (Å²) in [6, 6.07) is 18.6. The zero-order chi connectivity index (χ0) is 12.8. The van der Waals surface area contributed by atoms with Crippen LogP contribution < -0.4 is 0 Å². The molecule has 18 heavy (non-hydrogen) atoms. The van der Waals surface area contributed by atoms with Gasteiger partial charge in [0.2, 0.25) is 0 Å². The molecule has 0 fully saturated rings. The van der Waals surface area contributed by atoms with Crippen molar-refractivity contribution in [2.75, 3.05) is 7.11 Å². The molecule has 2 rings (SSSR count). The van der Waals surface area contributed by atoms with E-state index in [9.17, 15) is 0 Å². The summed E-state index contributed by atoms with van der Waals surface area (Å²) in [5, 5.41) is 4.13. The van der Waals surface area contributed by atoms with Gasteiger partial charge in [-0.25, -0.2) is 0 Å². The minimum absolute atomic E-state index is 0.776. The second-order valence-electron chi connectivity index (χ2n) is 4.25. The van der Waals surface area contributed by atoms with Crippen molar-refractivity contribution in [1.29, 1.82) is 0 Å². The Morgan fingerprint density at radius 3 is 2.28 bits per heavy atom. The van der Waals surface area contributed by atoms with Crippen LogP contribution in [-0.4, -0.2) is 12.8 Å². The Morgan fingerprint density at radius 1 is 1.00 bits per heavy atom. The van der Waals surface area contributed by atoms with Crippen molar-refractivity contribution >= 4 is 5.71 Å². The topological polar surface area (TPSA) is 21.6 Å². The molecule has 2 heteroatoms. The first-order valence-corrected chi connectivity index (χ1v) is 6.00. The van der Waals surface area contributed by atoms with Gasteiger partial charge in [-0.05, 0) is 18.1 Å². The van der Waals surface area contributed by atoms with Crippen LogP contribution in [0.15, 0.2) is 59.8 Å². The van der Waals surface area contributed by atoms with E-state index in [2.05, 4.69) is 36.3 Å². The Kier molecular flexibility index (Phi) is 4.13. The third kappa shape index (κ3) is 3.20. The SMILES string of the molecule is CON=C(Cc1ccc(C)cc1)c1ccccc1. The van der Waals surface area contributed by atoms with Gasteiger partial charge in [-0.1, -0.05) is 65.3 Å². The lowest BCUT2D eigenvalue weighted by Crippen LogP contribution is -2.05. The van der Waals surface area contributed by atoms with Gasteiger partial charge in [-0.3, -0.25) is 0 Å². The zero-order valence-electron chi connectivity index (χ0n) is 10.8. The van der Waals surface area contributed by atoms with Crippen molar-refractivity contribution in [1.82, 2.24) is 0 Å². The lowest BCUT2D eigenvalue weighted by atomic mass is 10.0. The van der Waals surface area contributed by atoms with Crippen LogP contribution in [0.5, 0.6) is 0 Å². The van der Waals surface area contributed by atoms with Crippen LogP contribution in [-0.2, 0) is 11.3 Å². The van der Waals surface area contributed by atoms with Crippen LogP contribution >= 0.6 is 0 Å². The highest BCUT2D eigenvalue weighted by molar-refractivity contribution is 6.01. The predicted octanol–water partition coefficient (Wildman–Crippen LogP) is 3.59. The van der Waals surface area contributed by atoms with Gasteiger partial charge in [0.1, 0.15) is 7.11 Å². The van der Waals surface area contributed by atoms with Gasteiger partial charge in [0.15, 0.2) is 0 Å². The van der Waals surface area contributed by atoms with Crippen molar-refractivity contribution < 1.29 is 4.84 Å². The summed E-state index contributed by atoms with van der Waals surface area (Å²) in [5.74, 6) is 0. The molecular weight excluding hydrogens is 222 g/mol. The van der Waals surface area contributed by atoms with Crippen molar-refractivity contribution in [3.63, 3.8) is 0 Å². The standard InChI is InChI=1S/C16H17NO/c1-13-8-10-14(11-9-13)12-16(17-18-2)15-6-4-3-5-7-15/h3-11H,12H2,1-2H3. The summed E-state index contributed by atoms with van der Waals surface area (Å²) < 4.78 is 0. The zero-order valence-corrected chi connectivity index (χ0v) is 10.8. The molecule has 92 valence electrons. The fraction of sp³-hybridized carbons (Fsp3) is 0.188. The smallest absolute Gasteiger partial charge is 0.106 e. The summed E-state index contributed by atoms with van der Waals surface area (Å²) in [7, 11) is 1.58. The molecular formula is C16H17NO. The highest BCUT2D eigenvalue weighted by atomic mass is 16.6. The van der Waals surface area contributed by atoms with Gasteiger partial charge in [-0.15, -0.1) is 0 Å². The number of benzene rings is 2. The maximum Gasteiger partial charge on any atom is 0.106 e. The number of aryl methyl sites for hydroxylation is 1. The lowest BCUT2D eigenvalue weighted by molar-refractivity contribution is 0.213. The average molecular weight is 239 g/mol. The van der Waals surface area contributed by atoms with Crippen molar-refractivity contribution in [2.45, 2.75) is 13.3 Å². The highest BCUT2D eigenvalue weighted by Crippen LogP contribution is 2.10. The molecule has 0 atom stereocenters. The Bertz CT molecular complexity index is 515. The summed E-state index contributed by atoms with van der Waals surface area (Å²) in [4.78, 5) is 4.94. The van der Waals surface area contributed by atoms with Crippen LogP contribution in [0.25, 0.3) is 0 Å². The van der Waals surface area contributed by atoms with E-state index in [-0.39, 0.29) is 0 Å². The molecule has 0 unspecified atom stereocenters. The van der Waals surface area contributed by atoms with Gasteiger partial charge in [0, 0.05) is 6.42 Å². The first-order valence-electron chi connectivity index (χ1n) is 6.00. The lowest BCUT2D eigenvalue weighted by Gasteiger charge is -2.06. The Labute approximate surface area is 108 Å². The molecule has 2 nitrogen and oxygen atoms in total. The highest BCUT2D eigenvalue weighted by Gasteiger charge is 2.05. The molecule has 0 N–H and O–H groups in total. The largest absolute Gasteiger partial charge is 0.399 e. The molecule has 0 aliphatic heterocycles. The van der Waals surface area contributed by atoms with E-state index in [4.69, 9.17) is 4.84 Å². The molecule has 2 aromatic carbocycles. The molecule has 0 amide bonds. The fourth-order valence-corrected chi connectivity index (χ4v) is 1.83. The number of nitrogens with zero attached hydrogens (tertiary/aromatic N) is 1. The minimum Gasteiger partial charge on any atom is -0.399 e. The molecule has 0 bridgehead atoms. The number of hydrogen-bond acceptors (Lipinski definition) is 2. The molecule has 0 saturated heterocycles. The van der Waals surface area contributed by atoms with Crippen molar-refractivity contribution in [3.8, 4) is 0 Å². The molecule has 0 aromatic heterocycles. The molecule has 0 aliphatic carbocycles. The third-order valence-electron chi connectivity index (χ3n) is 2.80. The molecule has 0 radical (unpaired) electrons. The average Bonchev–Trinajstić information content (AvgIpc) is 2.42. The van der Waals surface area contributed by atoms with E-state index in [1.54, 1.807) is 7.11 Å². The molecule has 0 aliphatic rings. The van der Waals surface area contributed by atoms with Gasteiger partial charge >= 0.3 is 0 Å². The van der Waals surface area contributed by atoms with E-state index in [0.29, 0.717) is 0 Å². The monoisotopic (exact) mass is 239 g/mol. The number of oxime groups is 1. The maximum atomic E-state index is 4.94. The van der Waals surface area contributed by atoms with E-state index >= 15 is 0 Å². The normalized spacial score (nSPS) is 11.3. The fourth-order valence-electron chi connectivity index (χ4n) is 1.83. The predicted molar refractivity (Wildman–Crippen MR) is 74.9 cm³/mol. The molecule has 0 spiro atoms. The second-order valence-corrected chi connectivity index (χ2v) is 4.25. The van der Waals surface area contributed by atoms with E-state index in [0.717, 1.165) is 17.7 Å². The van der Waals surface area contributed by atoms with Crippen molar-refractivity contribution in [3.05, 3.63) is 71.3 Å². The van der Waals surface area contributed by atoms with Crippen LogP contribution in [0.1, 0.15) is 16.7 Å². The van der Waals surface area contributed by atoms with Crippen LogP contribution in [0.2, 0.25) is 0 Å². The maximum absolute atomic E-state index is 4.94. The second kappa shape index (κ2) is 6.01. The van der Waals surface area contributed by atoms with Gasteiger partial charge < -0.3 is 4.84 Å². The third-order valence-corrected chi connectivity index (χ3v) is 2.80. The molecule has 0 saturated carbocycles. The molecule has 2 aromatic rings.